The Labute approximate surface area is 155 Å². The van der Waals surface area contributed by atoms with Gasteiger partial charge in [0.25, 0.3) is 0 Å². The molecular formula is C14H24ClN3O5S2. The molecule has 0 spiro atoms. The zero-order valence-electron chi connectivity index (χ0n) is 14.1. The monoisotopic (exact) mass is 413 g/mol. The lowest BCUT2D eigenvalue weighted by Gasteiger charge is -2.30. The lowest BCUT2D eigenvalue weighted by molar-refractivity contribution is 0.314. The smallest absolute Gasteiger partial charge is 0.246 e. The molecule has 0 amide bonds. The number of nitrogens with zero attached hydrogens (tertiary/aromatic N) is 1. The van der Waals surface area contributed by atoms with Crippen LogP contribution < -0.4 is 15.2 Å². The van der Waals surface area contributed by atoms with Crippen LogP contribution in [0.4, 0.5) is 5.69 Å². The third-order valence-electron chi connectivity index (χ3n) is 3.86. The number of nitrogens with two attached hydrogens (primary N) is 1. The number of ether oxygens (including phenoxy) is 1. The van der Waals surface area contributed by atoms with E-state index >= 15 is 0 Å². The first-order valence-corrected chi connectivity index (χ1v) is 10.7. The van der Waals surface area contributed by atoms with Crippen molar-refractivity contribution in [3.63, 3.8) is 0 Å². The van der Waals surface area contributed by atoms with Gasteiger partial charge in [-0.25, -0.2) is 16.8 Å². The summed E-state index contributed by atoms with van der Waals surface area (Å²) in [7, 11) is -5.87. The van der Waals surface area contributed by atoms with Crippen LogP contribution in [0, 0.1) is 0 Å². The van der Waals surface area contributed by atoms with Crippen molar-refractivity contribution in [2.24, 2.45) is 5.73 Å². The van der Waals surface area contributed by atoms with Gasteiger partial charge in [-0.2, -0.15) is 4.31 Å². The Morgan fingerprint density at radius 1 is 1.32 bits per heavy atom. The van der Waals surface area contributed by atoms with E-state index < -0.39 is 20.0 Å². The van der Waals surface area contributed by atoms with Crippen molar-refractivity contribution in [3.8, 4) is 5.75 Å². The van der Waals surface area contributed by atoms with Gasteiger partial charge in [-0.3, -0.25) is 4.72 Å². The number of nitrogens with one attached hydrogen (secondary N) is 1. The molecule has 1 fully saturated rings. The van der Waals surface area contributed by atoms with Gasteiger partial charge in [0.05, 0.1) is 18.6 Å². The molecule has 144 valence electrons. The third kappa shape index (κ3) is 5.20. The maximum atomic E-state index is 12.8. The molecular weight excluding hydrogens is 390 g/mol. The van der Waals surface area contributed by atoms with Gasteiger partial charge in [0.15, 0.2) is 0 Å². The maximum Gasteiger partial charge on any atom is 0.246 e. The highest BCUT2D eigenvalue weighted by Crippen LogP contribution is 2.31. The molecule has 1 aliphatic heterocycles. The number of benzene rings is 1. The summed E-state index contributed by atoms with van der Waals surface area (Å²) in [5, 5.41) is 0. The van der Waals surface area contributed by atoms with Crippen molar-refractivity contribution in [1.29, 1.82) is 0 Å². The van der Waals surface area contributed by atoms with Crippen molar-refractivity contribution in [1.82, 2.24) is 4.31 Å². The third-order valence-corrected chi connectivity index (χ3v) is 7.07. The van der Waals surface area contributed by atoms with Gasteiger partial charge >= 0.3 is 0 Å². The fourth-order valence-corrected chi connectivity index (χ4v) is 4.83. The van der Waals surface area contributed by atoms with Crippen LogP contribution in [-0.2, 0) is 20.0 Å². The summed E-state index contributed by atoms with van der Waals surface area (Å²) in [5.41, 5.74) is 6.12. The van der Waals surface area contributed by atoms with E-state index in [0.29, 0.717) is 13.0 Å². The minimum absolute atomic E-state index is 0. The van der Waals surface area contributed by atoms with Gasteiger partial charge in [0, 0.05) is 25.2 Å². The number of sulfonamides is 2. The molecule has 2 rings (SSSR count). The van der Waals surface area contributed by atoms with Gasteiger partial charge in [0.1, 0.15) is 10.6 Å². The molecule has 0 radical (unpaired) electrons. The lowest BCUT2D eigenvalue weighted by atomic mass is 10.1. The van der Waals surface area contributed by atoms with Gasteiger partial charge in [0.2, 0.25) is 20.0 Å². The van der Waals surface area contributed by atoms with E-state index in [-0.39, 0.29) is 47.1 Å². The van der Waals surface area contributed by atoms with Crippen LogP contribution in [0.15, 0.2) is 23.1 Å². The minimum Gasteiger partial charge on any atom is -0.495 e. The van der Waals surface area contributed by atoms with Gasteiger partial charge in [-0.1, -0.05) is 0 Å². The molecule has 1 aromatic carbocycles. The van der Waals surface area contributed by atoms with Gasteiger partial charge in [-0.05, 0) is 31.9 Å². The van der Waals surface area contributed by atoms with E-state index in [0.717, 1.165) is 6.42 Å². The molecule has 0 saturated carbocycles. The number of methoxy groups -OCH3 is 1. The normalized spacial score (nSPS) is 19.1. The molecule has 8 nitrogen and oxygen atoms in total. The zero-order chi connectivity index (χ0) is 18.0. The molecule has 1 aliphatic rings. The first kappa shape index (κ1) is 22.0. The highest BCUT2D eigenvalue weighted by Gasteiger charge is 2.31. The molecule has 1 heterocycles. The number of halogens is 1. The molecule has 0 aliphatic carbocycles. The second-order valence-electron chi connectivity index (χ2n) is 5.64. The SMILES string of the molecule is CCS(=O)(=O)Nc1ccc(S(=O)(=O)N2CCCC(N)C2)c(OC)c1.Cl. The fraction of sp³-hybridized carbons (Fsp3) is 0.571. The number of hydrogen-bond acceptors (Lipinski definition) is 6. The molecule has 25 heavy (non-hydrogen) atoms. The predicted octanol–water partition coefficient (Wildman–Crippen LogP) is 0.990. The molecule has 3 N–H and O–H groups in total. The van der Waals surface area contributed by atoms with E-state index in [1.165, 1.54) is 36.5 Å². The van der Waals surface area contributed by atoms with Crippen LogP contribution in [0.5, 0.6) is 5.75 Å². The van der Waals surface area contributed by atoms with Crippen molar-refractivity contribution in [3.05, 3.63) is 18.2 Å². The average Bonchev–Trinajstić information content (AvgIpc) is 2.54. The Balaban J connectivity index is 0.00000312. The Morgan fingerprint density at radius 3 is 2.56 bits per heavy atom. The van der Waals surface area contributed by atoms with Crippen LogP contribution in [0.1, 0.15) is 19.8 Å². The number of anilines is 1. The Bertz CT molecular complexity index is 799. The summed E-state index contributed by atoms with van der Waals surface area (Å²) in [6.07, 6.45) is 1.50. The van der Waals surface area contributed by atoms with Gasteiger partial charge < -0.3 is 10.5 Å². The van der Waals surface area contributed by atoms with Crippen molar-refractivity contribution >= 4 is 38.1 Å². The lowest BCUT2D eigenvalue weighted by Crippen LogP contribution is -2.45. The summed E-state index contributed by atoms with van der Waals surface area (Å²) in [6, 6.07) is 3.94. The van der Waals surface area contributed by atoms with Crippen LogP contribution in [0.25, 0.3) is 0 Å². The topological polar surface area (TPSA) is 119 Å². The largest absolute Gasteiger partial charge is 0.495 e. The minimum atomic E-state index is -3.75. The van der Waals surface area contributed by atoms with Crippen LogP contribution in [-0.4, -0.2) is 53.1 Å². The molecule has 1 unspecified atom stereocenters. The maximum absolute atomic E-state index is 12.8. The number of hydrogen-bond donors (Lipinski definition) is 2. The van der Waals surface area contributed by atoms with Crippen LogP contribution >= 0.6 is 12.4 Å². The molecule has 0 aromatic heterocycles. The summed E-state index contributed by atoms with van der Waals surface area (Å²) < 4.78 is 57.8. The van der Waals surface area contributed by atoms with Crippen molar-refractivity contribution in [2.75, 3.05) is 30.7 Å². The molecule has 1 saturated heterocycles. The quantitative estimate of drug-likeness (QED) is 0.717. The first-order valence-electron chi connectivity index (χ1n) is 7.64. The van der Waals surface area contributed by atoms with Crippen LogP contribution in [0.3, 0.4) is 0 Å². The van der Waals surface area contributed by atoms with E-state index in [1.54, 1.807) is 0 Å². The highest BCUT2D eigenvalue weighted by molar-refractivity contribution is 7.92. The molecule has 1 aromatic rings. The zero-order valence-corrected chi connectivity index (χ0v) is 16.6. The van der Waals surface area contributed by atoms with E-state index in [4.69, 9.17) is 10.5 Å². The standard InChI is InChI=1S/C14H23N3O5S2.ClH/c1-3-23(18,19)16-12-6-7-14(13(9-12)22-2)24(20,21)17-8-4-5-11(15)10-17;/h6-7,9,11,16H,3-5,8,10,15H2,1-2H3;1H. The highest BCUT2D eigenvalue weighted by atomic mass is 35.5. The predicted molar refractivity (Wildman–Crippen MR) is 99.3 cm³/mol. The Hall–Kier alpha value is -1.07. The van der Waals surface area contributed by atoms with E-state index in [2.05, 4.69) is 4.72 Å². The van der Waals surface area contributed by atoms with Crippen molar-refractivity contribution in [2.45, 2.75) is 30.7 Å². The van der Waals surface area contributed by atoms with Crippen molar-refractivity contribution < 1.29 is 21.6 Å². The summed E-state index contributed by atoms with van der Waals surface area (Å²) in [5.74, 6) is 0.00607. The van der Waals surface area contributed by atoms with Crippen LogP contribution in [0.2, 0.25) is 0 Å². The fourth-order valence-electron chi connectivity index (χ4n) is 2.53. The summed E-state index contributed by atoms with van der Waals surface area (Å²) in [4.78, 5) is -0.00135. The second kappa shape index (κ2) is 8.54. The molecule has 0 bridgehead atoms. The van der Waals surface area contributed by atoms with E-state index in [9.17, 15) is 16.8 Å². The molecule has 11 heteroatoms. The number of piperidine rings is 1. The first-order chi connectivity index (χ1) is 11.2. The summed E-state index contributed by atoms with van der Waals surface area (Å²) in [6.45, 7) is 2.18. The number of rotatable bonds is 6. The average molecular weight is 414 g/mol. The van der Waals surface area contributed by atoms with E-state index in [1.807, 2.05) is 0 Å². The Morgan fingerprint density at radius 2 is 2.00 bits per heavy atom. The summed E-state index contributed by atoms with van der Waals surface area (Å²) >= 11 is 0. The van der Waals surface area contributed by atoms with Gasteiger partial charge in [-0.15, -0.1) is 12.4 Å². The second-order valence-corrected chi connectivity index (χ2v) is 9.55. The Kier molecular flexibility index (Phi) is 7.51. The molecule has 1 atom stereocenters.